The molecule has 0 saturated heterocycles. The number of rotatable bonds is 5. The van der Waals surface area contributed by atoms with E-state index in [1.807, 2.05) is 0 Å². The summed E-state index contributed by atoms with van der Waals surface area (Å²) in [4.78, 5) is 22.6. The number of hydrogen-bond donors (Lipinski definition) is 3. The standard InChI is InChI=1S/C12H17N3O2.ClH/c1-8-3-4-9(7-10(8)12(13)17)15-11(16)5-6-14-2;/h3-4,7,14H,5-6H2,1-2H3,(H2,13,17)(H,15,16);1H. The number of carbonyl (C=O) groups excluding carboxylic acids is 2. The van der Waals surface area contributed by atoms with Gasteiger partial charge in [0, 0.05) is 24.2 Å². The van der Waals surface area contributed by atoms with Crippen LogP contribution in [0.3, 0.4) is 0 Å². The van der Waals surface area contributed by atoms with Gasteiger partial charge >= 0.3 is 0 Å². The molecule has 1 rings (SSSR count). The topological polar surface area (TPSA) is 84.2 Å². The molecule has 0 aliphatic heterocycles. The van der Waals surface area contributed by atoms with Crippen LogP contribution in [0.25, 0.3) is 0 Å². The summed E-state index contributed by atoms with van der Waals surface area (Å²) < 4.78 is 0. The van der Waals surface area contributed by atoms with E-state index in [0.717, 1.165) is 5.56 Å². The number of nitrogens with two attached hydrogens (primary N) is 1. The van der Waals surface area contributed by atoms with Crippen molar-refractivity contribution in [2.24, 2.45) is 5.73 Å². The molecule has 1 aromatic carbocycles. The van der Waals surface area contributed by atoms with Crippen molar-refractivity contribution < 1.29 is 9.59 Å². The molecular weight excluding hydrogens is 254 g/mol. The van der Waals surface area contributed by atoms with E-state index in [-0.39, 0.29) is 18.3 Å². The molecule has 0 fully saturated rings. The van der Waals surface area contributed by atoms with Gasteiger partial charge in [-0.3, -0.25) is 9.59 Å². The maximum absolute atomic E-state index is 11.5. The van der Waals surface area contributed by atoms with Gasteiger partial charge in [-0.25, -0.2) is 0 Å². The number of nitrogens with one attached hydrogen (secondary N) is 2. The lowest BCUT2D eigenvalue weighted by atomic mass is 10.1. The van der Waals surface area contributed by atoms with E-state index < -0.39 is 5.91 Å². The zero-order valence-electron chi connectivity index (χ0n) is 10.4. The van der Waals surface area contributed by atoms with Gasteiger partial charge in [-0.1, -0.05) is 6.07 Å². The Morgan fingerprint density at radius 3 is 2.56 bits per heavy atom. The lowest BCUT2D eigenvalue weighted by Gasteiger charge is -2.08. The van der Waals surface area contributed by atoms with Crippen LogP contribution in [-0.2, 0) is 4.79 Å². The number of benzene rings is 1. The van der Waals surface area contributed by atoms with Crippen molar-refractivity contribution in [3.8, 4) is 0 Å². The minimum absolute atomic E-state index is 0. The van der Waals surface area contributed by atoms with E-state index >= 15 is 0 Å². The summed E-state index contributed by atoms with van der Waals surface area (Å²) in [6.45, 7) is 2.41. The third kappa shape index (κ3) is 4.73. The zero-order valence-corrected chi connectivity index (χ0v) is 11.3. The first-order valence-corrected chi connectivity index (χ1v) is 5.39. The second-order valence-electron chi connectivity index (χ2n) is 3.80. The van der Waals surface area contributed by atoms with Crippen LogP contribution in [0.5, 0.6) is 0 Å². The molecule has 5 nitrogen and oxygen atoms in total. The van der Waals surface area contributed by atoms with Crippen LogP contribution in [-0.4, -0.2) is 25.4 Å². The van der Waals surface area contributed by atoms with Crippen LogP contribution in [0.15, 0.2) is 18.2 Å². The molecule has 0 aliphatic rings. The summed E-state index contributed by atoms with van der Waals surface area (Å²) in [6, 6.07) is 5.10. The van der Waals surface area contributed by atoms with Crippen molar-refractivity contribution in [1.29, 1.82) is 0 Å². The smallest absolute Gasteiger partial charge is 0.249 e. The summed E-state index contributed by atoms with van der Waals surface area (Å²) in [7, 11) is 1.78. The van der Waals surface area contributed by atoms with Crippen LogP contribution < -0.4 is 16.4 Å². The molecule has 0 aromatic heterocycles. The predicted octanol–water partition coefficient (Wildman–Crippen LogP) is 1.06. The quantitative estimate of drug-likeness (QED) is 0.749. The maximum Gasteiger partial charge on any atom is 0.249 e. The summed E-state index contributed by atoms with van der Waals surface area (Å²) in [5, 5.41) is 5.60. The molecule has 100 valence electrons. The Morgan fingerprint density at radius 2 is 2.00 bits per heavy atom. The minimum Gasteiger partial charge on any atom is -0.366 e. The van der Waals surface area contributed by atoms with Gasteiger partial charge in [-0.15, -0.1) is 12.4 Å². The Bertz CT molecular complexity index is 435. The van der Waals surface area contributed by atoms with Gasteiger partial charge in [0.25, 0.3) is 0 Å². The molecule has 0 unspecified atom stereocenters. The largest absolute Gasteiger partial charge is 0.366 e. The minimum atomic E-state index is -0.492. The van der Waals surface area contributed by atoms with E-state index in [4.69, 9.17) is 5.73 Å². The zero-order chi connectivity index (χ0) is 12.8. The van der Waals surface area contributed by atoms with Crippen molar-refractivity contribution in [3.63, 3.8) is 0 Å². The first-order valence-electron chi connectivity index (χ1n) is 5.39. The van der Waals surface area contributed by atoms with Crippen molar-refractivity contribution in [1.82, 2.24) is 5.32 Å². The van der Waals surface area contributed by atoms with Gasteiger partial charge in [-0.05, 0) is 31.7 Å². The SMILES string of the molecule is CNCCC(=O)Nc1ccc(C)c(C(N)=O)c1.Cl. The average molecular weight is 272 g/mol. The van der Waals surface area contributed by atoms with E-state index in [1.165, 1.54) is 0 Å². The first kappa shape index (κ1) is 16.4. The summed E-state index contributed by atoms with van der Waals surface area (Å²) in [6.07, 6.45) is 0.385. The molecule has 4 N–H and O–H groups in total. The van der Waals surface area contributed by atoms with Gasteiger partial charge in [0.1, 0.15) is 0 Å². The normalized spacial score (nSPS) is 9.44. The third-order valence-electron chi connectivity index (χ3n) is 2.39. The Balaban J connectivity index is 0.00000289. The highest BCUT2D eigenvalue weighted by atomic mass is 35.5. The highest BCUT2D eigenvalue weighted by Gasteiger charge is 2.07. The monoisotopic (exact) mass is 271 g/mol. The second-order valence-corrected chi connectivity index (χ2v) is 3.80. The second kappa shape index (κ2) is 7.68. The molecule has 0 aliphatic carbocycles. The third-order valence-corrected chi connectivity index (χ3v) is 2.39. The Morgan fingerprint density at radius 1 is 1.33 bits per heavy atom. The number of primary amides is 1. The Labute approximate surface area is 113 Å². The van der Waals surface area contributed by atoms with E-state index in [1.54, 1.807) is 32.2 Å². The van der Waals surface area contributed by atoms with Gasteiger partial charge in [0.05, 0.1) is 0 Å². The molecule has 1 aromatic rings. The highest BCUT2D eigenvalue weighted by Crippen LogP contribution is 2.14. The molecular formula is C12H18ClN3O2. The van der Waals surface area contributed by atoms with Crippen LogP contribution in [0.2, 0.25) is 0 Å². The lowest BCUT2D eigenvalue weighted by Crippen LogP contribution is -2.19. The van der Waals surface area contributed by atoms with Gasteiger partial charge in [0.15, 0.2) is 0 Å². The molecule has 6 heteroatoms. The Kier molecular flexibility index (Phi) is 7.00. The van der Waals surface area contributed by atoms with Gasteiger partial charge in [0.2, 0.25) is 11.8 Å². The van der Waals surface area contributed by atoms with Crippen LogP contribution in [0, 0.1) is 6.92 Å². The number of aryl methyl sites for hydroxylation is 1. The fourth-order valence-electron chi connectivity index (χ4n) is 1.43. The van der Waals surface area contributed by atoms with E-state index in [2.05, 4.69) is 10.6 Å². The van der Waals surface area contributed by atoms with Crippen LogP contribution in [0.4, 0.5) is 5.69 Å². The molecule has 0 bridgehead atoms. The summed E-state index contributed by atoms with van der Waals surface area (Å²) >= 11 is 0. The van der Waals surface area contributed by atoms with Crippen molar-refractivity contribution in [2.75, 3.05) is 18.9 Å². The molecule has 0 spiro atoms. The number of halogens is 1. The lowest BCUT2D eigenvalue weighted by molar-refractivity contribution is -0.116. The number of anilines is 1. The fourth-order valence-corrected chi connectivity index (χ4v) is 1.43. The van der Waals surface area contributed by atoms with Crippen LogP contribution >= 0.6 is 12.4 Å². The predicted molar refractivity (Wildman–Crippen MR) is 74.1 cm³/mol. The van der Waals surface area contributed by atoms with Gasteiger partial charge < -0.3 is 16.4 Å². The molecule has 0 atom stereocenters. The van der Waals surface area contributed by atoms with Gasteiger partial charge in [-0.2, -0.15) is 0 Å². The summed E-state index contributed by atoms with van der Waals surface area (Å²) in [5.74, 6) is -0.590. The van der Waals surface area contributed by atoms with Crippen molar-refractivity contribution >= 4 is 29.9 Å². The molecule has 2 amide bonds. The molecule has 0 radical (unpaired) electrons. The van der Waals surface area contributed by atoms with E-state index in [9.17, 15) is 9.59 Å². The molecule has 0 saturated carbocycles. The molecule has 0 heterocycles. The average Bonchev–Trinajstić information content (AvgIpc) is 2.28. The first-order chi connectivity index (χ1) is 8.04. The number of amides is 2. The van der Waals surface area contributed by atoms with Crippen LogP contribution in [0.1, 0.15) is 22.3 Å². The van der Waals surface area contributed by atoms with Crippen molar-refractivity contribution in [2.45, 2.75) is 13.3 Å². The maximum atomic E-state index is 11.5. The van der Waals surface area contributed by atoms with Crippen molar-refractivity contribution in [3.05, 3.63) is 29.3 Å². The summed E-state index contributed by atoms with van der Waals surface area (Å²) in [5.41, 5.74) is 7.05. The molecule has 18 heavy (non-hydrogen) atoms. The fraction of sp³-hybridized carbons (Fsp3) is 0.333. The van der Waals surface area contributed by atoms with E-state index in [0.29, 0.717) is 24.2 Å². The Hall–Kier alpha value is -1.59. The number of carbonyl (C=O) groups is 2. The highest BCUT2D eigenvalue weighted by molar-refractivity contribution is 5.97. The number of hydrogen-bond acceptors (Lipinski definition) is 3.